The van der Waals surface area contributed by atoms with Crippen LogP contribution in [0.15, 0.2) is 0 Å². The highest BCUT2D eigenvalue weighted by Gasteiger charge is 2.16. The fourth-order valence-corrected chi connectivity index (χ4v) is 1.96. The zero-order chi connectivity index (χ0) is 11.8. The van der Waals surface area contributed by atoms with E-state index in [-0.39, 0.29) is 11.9 Å². The molecule has 1 rings (SSSR count). The van der Waals surface area contributed by atoms with E-state index in [2.05, 4.69) is 11.4 Å². The lowest BCUT2D eigenvalue weighted by Crippen LogP contribution is -2.43. The highest BCUT2D eigenvalue weighted by Crippen LogP contribution is 2.08. The Labute approximate surface area is 97.6 Å². The minimum absolute atomic E-state index is 0.152. The predicted molar refractivity (Wildman–Crippen MR) is 62.7 cm³/mol. The molecule has 1 N–H and O–H groups in total. The van der Waals surface area contributed by atoms with Crippen molar-refractivity contribution in [1.29, 1.82) is 5.26 Å². The number of nitrogens with one attached hydrogen (secondary N) is 1. The van der Waals surface area contributed by atoms with Crippen molar-refractivity contribution in [3.05, 3.63) is 0 Å². The van der Waals surface area contributed by atoms with Crippen molar-refractivity contribution in [1.82, 2.24) is 10.2 Å². The number of rotatable bonds is 5. The molecule has 1 fully saturated rings. The molecular weight excluding hydrogens is 202 g/mol. The molecule has 0 saturated carbocycles. The summed E-state index contributed by atoms with van der Waals surface area (Å²) in [6.45, 7) is 4.20. The van der Waals surface area contributed by atoms with E-state index in [1.54, 1.807) is 0 Å². The Morgan fingerprint density at radius 2 is 2.12 bits per heavy atom. The summed E-state index contributed by atoms with van der Waals surface area (Å²) in [5.74, 6) is 0.177. The SMILES string of the molecule is CCC(CC#N)NCC(=O)N1CCCCC1. The Morgan fingerprint density at radius 1 is 1.44 bits per heavy atom. The third-order valence-corrected chi connectivity index (χ3v) is 3.08. The Balaban J connectivity index is 2.25. The van der Waals surface area contributed by atoms with E-state index in [9.17, 15) is 4.79 Å². The van der Waals surface area contributed by atoms with E-state index in [4.69, 9.17) is 5.26 Å². The average Bonchev–Trinajstić information content (AvgIpc) is 2.35. The standard InChI is InChI=1S/C12H21N3O/c1-2-11(6-7-13)14-10-12(16)15-8-4-3-5-9-15/h11,14H,2-6,8-10H2,1H3. The fourth-order valence-electron chi connectivity index (χ4n) is 1.96. The van der Waals surface area contributed by atoms with Gasteiger partial charge in [0.15, 0.2) is 0 Å². The lowest BCUT2D eigenvalue weighted by Gasteiger charge is -2.27. The maximum Gasteiger partial charge on any atom is 0.236 e. The van der Waals surface area contributed by atoms with Crippen LogP contribution in [-0.4, -0.2) is 36.5 Å². The van der Waals surface area contributed by atoms with E-state index >= 15 is 0 Å². The van der Waals surface area contributed by atoms with Gasteiger partial charge in [-0.3, -0.25) is 4.79 Å². The first-order valence-electron chi connectivity index (χ1n) is 6.16. The molecule has 90 valence electrons. The quantitative estimate of drug-likeness (QED) is 0.764. The first-order valence-corrected chi connectivity index (χ1v) is 6.16. The Morgan fingerprint density at radius 3 is 2.69 bits per heavy atom. The molecule has 0 spiro atoms. The van der Waals surface area contributed by atoms with Crippen molar-refractivity contribution in [3.63, 3.8) is 0 Å². The van der Waals surface area contributed by atoms with Crippen molar-refractivity contribution in [2.75, 3.05) is 19.6 Å². The van der Waals surface area contributed by atoms with Gasteiger partial charge in [0.25, 0.3) is 0 Å². The normalized spacial score (nSPS) is 17.9. The molecular formula is C12H21N3O. The number of nitriles is 1. The second kappa shape index (κ2) is 7.24. The molecule has 16 heavy (non-hydrogen) atoms. The largest absolute Gasteiger partial charge is 0.342 e. The molecule has 0 bridgehead atoms. The molecule has 0 aromatic heterocycles. The summed E-state index contributed by atoms with van der Waals surface area (Å²) < 4.78 is 0. The van der Waals surface area contributed by atoms with Crippen molar-refractivity contribution in [3.8, 4) is 6.07 Å². The van der Waals surface area contributed by atoms with Crippen LogP contribution in [0.5, 0.6) is 0 Å². The molecule has 1 unspecified atom stereocenters. The van der Waals surface area contributed by atoms with E-state index in [1.165, 1.54) is 6.42 Å². The maximum atomic E-state index is 11.8. The molecule has 4 nitrogen and oxygen atoms in total. The van der Waals surface area contributed by atoms with Crippen LogP contribution in [0.3, 0.4) is 0 Å². The topological polar surface area (TPSA) is 56.1 Å². The van der Waals surface area contributed by atoms with E-state index in [0.717, 1.165) is 32.4 Å². The summed E-state index contributed by atoms with van der Waals surface area (Å²) in [5, 5.41) is 11.8. The lowest BCUT2D eigenvalue weighted by molar-refractivity contribution is -0.131. The number of likely N-dealkylation sites (tertiary alicyclic amines) is 1. The zero-order valence-corrected chi connectivity index (χ0v) is 10.0. The second-order valence-corrected chi connectivity index (χ2v) is 4.29. The van der Waals surface area contributed by atoms with Crippen LogP contribution in [0, 0.1) is 11.3 Å². The molecule has 4 heteroatoms. The Hall–Kier alpha value is -1.08. The van der Waals surface area contributed by atoms with Gasteiger partial charge in [0, 0.05) is 19.1 Å². The number of amides is 1. The van der Waals surface area contributed by atoms with Gasteiger partial charge in [-0.15, -0.1) is 0 Å². The number of hydrogen-bond donors (Lipinski definition) is 1. The summed E-state index contributed by atoms with van der Waals surface area (Å²) in [4.78, 5) is 13.7. The van der Waals surface area contributed by atoms with Gasteiger partial charge in [-0.1, -0.05) is 6.92 Å². The minimum Gasteiger partial charge on any atom is -0.342 e. The number of carbonyl (C=O) groups excluding carboxylic acids is 1. The minimum atomic E-state index is 0.152. The summed E-state index contributed by atoms with van der Waals surface area (Å²) in [5.41, 5.74) is 0. The molecule has 0 aromatic carbocycles. The smallest absolute Gasteiger partial charge is 0.236 e. The molecule has 1 amide bonds. The van der Waals surface area contributed by atoms with Crippen LogP contribution in [0.4, 0.5) is 0 Å². The van der Waals surface area contributed by atoms with Gasteiger partial charge in [-0.2, -0.15) is 5.26 Å². The van der Waals surface area contributed by atoms with Crippen LogP contribution >= 0.6 is 0 Å². The van der Waals surface area contributed by atoms with Crippen LogP contribution in [-0.2, 0) is 4.79 Å². The van der Waals surface area contributed by atoms with Gasteiger partial charge < -0.3 is 10.2 Å². The second-order valence-electron chi connectivity index (χ2n) is 4.29. The van der Waals surface area contributed by atoms with Gasteiger partial charge in [0.1, 0.15) is 0 Å². The lowest BCUT2D eigenvalue weighted by atomic mass is 10.1. The first kappa shape index (κ1) is 13.0. The van der Waals surface area contributed by atoms with E-state index < -0.39 is 0 Å². The van der Waals surface area contributed by atoms with Crippen LogP contribution < -0.4 is 5.32 Å². The van der Waals surface area contributed by atoms with E-state index in [0.29, 0.717) is 13.0 Å². The molecule has 1 heterocycles. The first-order chi connectivity index (χ1) is 7.77. The van der Waals surface area contributed by atoms with Gasteiger partial charge >= 0.3 is 0 Å². The average molecular weight is 223 g/mol. The van der Waals surface area contributed by atoms with Gasteiger partial charge in [-0.05, 0) is 25.7 Å². The van der Waals surface area contributed by atoms with E-state index in [1.807, 2.05) is 11.8 Å². The molecule has 1 atom stereocenters. The summed E-state index contributed by atoms with van der Waals surface area (Å²) in [7, 11) is 0. The summed E-state index contributed by atoms with van der Waals surface area (Å²) >= 11 is 0. The predicted octanol–water partition coefficient (Wildman–Crippen LogP) is 1.28. The monoisotopic (exact) mass is 223 g/mol. The highest BCUT2D eigenvalue weighted by molar-refractivity contribution is 5.78. The van der Waals surface area contributed by atoms with Crippen molar-refractivity contribution in [2.45, 2.75) is 45.1 Å². The summed E-state index contributed by atoms with van der Waals surface area (Å²) in [6, 6.07) is 2.29. The van der Waals surface area contributed by atoms with Gasteiger partial charge in [0.05, 0.1) is 19.0 Å². The van der Waals surface area contributed by atoms with Crippen molar-refractivity contribution in [2.24, 2.45) is 0 Å². The number of piperidine rings is 1. The maximum absolute atomic E-state index is 11.8. The molecule has 1 saturated heterocycles. The van der Waals surface area contributed by atoms with Crippen molar-refractivity contribution >= 4 is 5.91 Å². The molecule has 1 aliphatic rings. The van der Waals surface area contributed by atoms with Crippen LogP contribution in [0.2, 0.25) is 0 Å². The molecule has 0 aliphatic carbocycles. The van der Waals surface area contributed by atoms with Crippen LogP contribution in [0.1, 0.15) is 39.0 Å². The Kier molecular flexibility index (Phi) is 5.87. The molecule has 0 aromatic rings. The van der Waals surface area contributed by atoms with Crippen LogP contribution in [0.25, 0.3) is 0 Å². The molecule has 0 radical (unpaired) electrons. The highest BCUT2D eigenvalue weighted by atomic mass is 16.2. The zero-order valence-electron chi connectivity index (χ0n) is 10.0. The fraction of sp³-hybridized carbons (Fsp3) is 0.833. The number of hydrogen-bond acceptors (Lipinski definition) is 3. The van der Waals surface area contributed by atoms with Gasteiger partial charge in [-0.25, -0.2) is 0 Å². The third kappa shape index (κ3) is 4.19. The Bertz CT molecular complexity index is 253. The number of nitrogens with zero attached hydrogens (tertiary/aromatic N) is 2. The van der Waals surface area contributed by atoms with Gasteiger partial charge in [0.2, 0.25) is 5.91 Å². The number of carbonyl (C=O) groups is 1. The van der Waals surface area contributed by atoms with Crippen molar-refractivity contribution < 1.29 is 4.79 Å². The summed E-state index contributed by atoms with van der Waals surface area (Å²) in [6.07, 6.45) is 4.86. The third-order valence-electron chi connectivity index (χ3n) is 3.08. The molecule has 1 aliphatic heterocycles.